The first kappa shape index (κ1) is 11.0. The van der Waals surface area contributed by atoms with Crippen molar-refractivity contribution in [2.24, 2.45) is 11.7 Å². The van der Waals surface area contributed by atoms with E-state index in [0.717, 1.165) is 24.4 Å². The molecule has 4 heteroatoms. The van der Waals surface area contributed by atoms with Gasteiger partial charge in [-0.25, -0.2) is 4.98 Å². The number of hydrogen-bond donors (Lipinski definition) is 2. The van der Waals surface area contributed by atoms with Gasteiger partial charge < -0.3 is 15.8 Å². The van der Waals surface area contributed by atoms with E-state index in [1.54, 1.807) is 6.20 Å². The Morgan fingerprint density at radius 2 is 2.41 bits per heavy atom. The highest BCUT2D eigenvalue weighted by atomic mass is 16.5. The third-order valence-electron chi connectivity index (χ3n) is 3.99. The van der Waals surface area contributed by atoms with Gasteiger partial charge in [0.05, 0.1) is 12.1 Å². The van der Waals surface area contributed by atoms with Crippen LogP contribution in [0.25, 0.3) is 0 Å². The zero-order valence-electron chi connectivity index (χ0n) is 10.1. The van der Waals surface area contributed by atoms with Crippen molar-refractivity contribution in [2.75, 3.05) is 11.9 Å². The van der Waals surface area contributed by atoms with Crippen molar-refractivity contribution in [1.29, 1.82) is 0 Å². The number of pyridine rings is 1. The molecule has 2 heterocycles. The summed E-state index contributed by atoms with van der Waals surface area (Å²) in [4.78, 5) is 4.35. The number of nitrogens with two attached hydrogens (primary N) is 1. The van der Waals surface area contributed by atoms with Gasteiger partial charge in [-0.1, -0.05) is 6.07 Å². The second-order valence-electron chi connectivity index (χ2n) is 5.06. The number of anilines is 1. The minimum Gasteiger partial charge on any atom is -0.376 e. The number of fused-ring (bicyclic) bond motifs is 1. The Morgan fingerprint density at radius 1 is 1.53 bits per heavy atom. The van der Waals surface area contributed by atoms with E-state index in [9.17, 15) is 0 Å². The maximum Gasteiger partial charge on any atom is 0.129 e. The van der Waals surface area contributed by atoms with Crippen LogP contribution in [0.15, 0.2) is 18.3 Å². The molecule has 0 bridgehead atoms. The molecular formula is C13H19N3O. The quantitative estimate of drug-likeness (QED) is 0.808. The molecule has 3 N–H and O–H groups in total. The van der Waals surface area contributed by atoms with Crippen molar-refractivity contribution < 1.29 is 4.74 Å². The van der Waals surface area contributed by atoms with Crippen LogP contribution in [0.5, 0.6) is 0 Å². The lowest BCUT2D eigenvalue weighted by Gasteiger charge is -2.52. The van der Waals surface area contributed by atoms with Gasteiger partial charge in [-0.05, 0) is 31.4 Å². The normalized spacial score (nSPS) is 35.9. The lowest BCUT2D eigenvalue weighted by Crippen LogP contribution is -2.69. The summed E-state index contributed by atoms with van der Waals surface area (Å²) in [5.41, 5.74) is 7.36. The summed E-state index contributed by atoms with van der Waals surface area (Å²) in [5.74, 6) is 1.46. The molecule has 2 fully saturated rings. The van der Waals surface area contributed by atoms with E-state index in [4.69, 9.17) is 10.5 Å². The highest BCUT2D eigenvalue weighted by Gasteiger charge is 2.50. The Kier molecular flexibility index (Phi) is 2.76. The average Bonchev–Trinajstić information content (AvgIpc) is 2.37. The summed E-state index contributed by atoms with van der Waals surface area (Å²) in [6.07, 6.45) is 4.42. The molecule has 1 saturated carbocycles. The van der Waals surface area contributed by atoms with E-state index in [0.29, 0.717) is 5.92 Å². The monoisotopic (exact) mass is 233 g/mol. The molecule has 4 unspecified atom stereocenters. The van der Waals surface area contributed by atoms with Crippen molar-refractivity contribution in [3.8, 4) is 0 Å². The zero-order valence-corrected chi connectivity index (χ0v) is 10.1. The number of aryl methyl sites for hydroxylation is 1. The van der Waals surface area contributed by atoms with Gasteiger partial charge in [-0.15, -0.1) is 0 Å². The molecule has 4 atom stereocenters. The SMILES string of the molecule is Cc1cccnc1NC1C(N)C2CCCOC21. The number of hydrogen-bond acceptors (Lipinski definition) is 4. The van der Waals surface area contributed by atoms with Crippen molar-refractivity contribution in [3.63, 3.8) is 0 Å². The maximum atomic E-state index is 6.20. The molecule has 3 rings (SSSR count). The standard InChI is InChI=1S/C13H19N3O/c1-8-4-2-6-15-13(8)16-11-10(14)9-5-3-7-17-12(9)11/h2,4,6,9-12H,3,5,7,14H2,1H3,(H,15,16). The summed E-state index contributed by atoms with van der Waals surface area (Å²) < 4.78 is 5.80. The third kappa shape index (κ3) is 1.81. The second kappa shape index (κ2) is 4.27. The lowest BCUT2D eigenvalue weighted by atomic mass is 9.68. The highest BCUT2D eigenvalue weighted by Crippen LogP contribution is 2.38. The second-order valence-corrected chi connectivity index (χ2v) is 5.06. The smallest absolute Gasteiger partial charge is 0.129 e. The van der Waals surface area contributed by atoms with Gasteiger partial charge in [-0.3, -0.25) is 0 Å². The minimum atomic E-state index is 0.196. The van der Waals surface area contributed by atoms with Gasteiger partial charge in [0.15, 0.2) is 0 Å². The molecule has 1 aromatic rings. The number of aromatic nitrogens is 1. The molecule has 0 spiro atoms. The van der Waals surface area contributed by atoms with Crippen LogP contribution in [0.2, 0.25) is 0 Å². The molecule has 92 valence electrons. The Hall–Kier alpha value is -1.13. The van der Waals surface area contributed by atoms with Crippen LogP contribution < -0.4 is 11.1 Å². The fraction of sp³-hybridized carbons (Fsp3) is 0.615. The first-order valence-corrected chi connectivity index (χ1v) is 6.33. The van der Waals surface area contributed by atoms with Gasteiger partial charge >= 0.3 is 0 Å². The number of nitrogens with zero attached hydrogens (tertiary/aromatic N) is 1. The van der Waals surface area contributed by atoms with Gasteiger partial charge in [0, 0.05) is 24.8 Å². The van der Waals surface area contributed by atoms with Crippen LogP contribution in [0.3, 0.4) is 0 Å². The summed E-state index contributed by atoms with van der Waals surface area (Å²) in [5, 5.41) is 3.43. The van der Waals surface area contributed by atoms with Crippen molar-refractivity contribution in [1.82, 2.24) is 4.98 Å². The highest BCUT2D eigenvalue weighted by molar-refractivity contribution is 5.45. The van der Waals surface area contributed by atoms with Crippen LogP contribution >= 0.6 is 0 Å². The molecular weight excluding hydrogens is 214 g/mol. The van der Waals surface area contributed by atoms with E-state index in [-0.39, 0.29) is 18.2 Å². The van der Waals surface area contributed by atoms with Gasteiger partial charge in [0.1, 0.15) is 5.82 Å². The summed E-state index contributed by atoms with van der Waals surface area (Å²) in [6.45, 7) is 2.92. The van der Waals surface area contributed by atoms with E-state index in [1.807, 2.05) is 6.07 Å². The first-order valence-electron chi connectivity index (χ1n) is 6.33. The molecule has 4 nitrogen and oxygen atoms in total. The van der Waals surface area contributed by atoms with Crippen LogP contribution in [-0.2, 0) is 4.74 Å². The van der Waals surface area contributed by atoms with Crippen LogP contribution in [0.4, 0.5) is 5.82 Å². The molecule has 0 aromatic carbocycles. The van der Waals surface area contributed by atoms with Crippen LogP contribution in [0.1, 0.15) is 18.4 Å². The molecule has 2 aliphatic rings. The molecule has 0 radical (unpaired) electrons. The average molecular weight is 233 g/mol. The van der Waals surface area contributed by atoms with E-state index in [2.05, 4.69) is 23.3 Å². The summed E-state index contributed by atoms with van der Waals surface area (Å²) in [6, 6.07) is 4.41. The number of ether oxygens (including phenoxy) is 1. The Bertz CT molecular complexity index is 409. The fourth-order valence-electron chi connectivity index (χ4n) is 2.92. The molecule has 17 heavy (non-hydrogen) atoms. The van der Waals surface area contributed by atoms with E-state index >= 15 is 0 Å². The predicted octanol–water partition coefficient (Wildman–Crippen LogP) is 1.31. The van der Waals surface area contributed by atoms with Crippen molar-refractivity contribution >= 4 is 5.82 Å². The minimum absolute atomic E-state index is 0.196. The Balaban J connectivity index is 1.72. The molecule has 1 aliphatic heterocycles. The number of rotatable bonds is 2. The van der Waals surface area contributed by atoms with Gasteiger partial charge in [-0.2, -0.15) is 0 Å². The van der Waals surface area contributed by atoms with Gasteiger partial charge in [0.25, 0.3) is 0 Å². The summed E-state index contributed by atoms with van der Waals surface area (Å²) >= 11 is 0. The van der Waals surface area contributed by atoms with Crippen molar-refractivity contribution in [2.45, 2.75) is 38.0 Å². The molecule has 0 amide bonds. The first-order chi connectivity index (χ1) is 8.27. The Labute approximate surface area is 102 Å². The molecule has 1 saturated heterocycles. The topological polar surface area (TPSA) is 60.2 Å². The van der Waals surface area contributed by atoms with Crippen molar-refractivity contribution in [3.05, 3.63) is 23.9 Å². The zero-order chi connectivity index (χ0) is 11.8. The van der Waals surface area contributed by atoms with Crippen LogP contribution in [-0.4, -0.2) is 29.8 Å². The number of nitrogens with one attached hydrogen (secondary N) is 1. The Morgan fingerprint density at radius 3 is 3.24 bits per heavy atom. The lowest BCUT2D eigenvalue weighted by molar-refractivity contribution is -0.104. The summed E-state index contributed by atoms with van der Waals surface area (Å²) in [7, 11) is 0. The van der Waals surface area contributed by atoms with E-state index in [1.165, 1.54) is 6.42 Å². The van der Waals surface area contributed by atoms with Gasteiger partial charge in [0.2, 0.25) is 0 Å². The fourth-order valence-corrected chi connectivity index (χ4v) is 2.92. The van der Waals surface area contributed by atoms with Crippen LogP contribution in [0, 0.1) is 12.8 Å². The largest absolute Gasteiger partial charge is 0.376 e. The molecule has 1 aliphatic carbocycles. The third-order valence-corrected chi connectivity index (χ3v) is 3.99. The maximum absolute atomic E-state index is 6.20. The predicted molar refractivity (Wildman–Crippen MR) is 66.8 cm³/mol. The molecule has 1 aromatic heterocycles. The van der Waals surface area contributed by atoms with E-state index < -0.39 is 0 Å².